The highest BCUT2D eigenvalue weighted by Gasteiger charge is 2.10. The highest BCUT2D eigenvalue weighted by atomic mass is 79.9. The first kappa shape index (κ1) is 12.8. The Balaban J connectivity index is 2.06. The molecule has 0 bridgehead atoms. The minimum Gasteiger partial charge on any atom is -0.340 e. The number of rotatable bonds is 3. The molecule has 0 radical (unpaired) electrons. The van der Waals surface area contributed by atoms with Gasteiger partial charge in [-0.25, -0.2) is 4.98 Å². The van der Waals surface area contributed by atoms with Gasteiger partial charge in [-0.3, -0.25) is 0 Å². The quantitative estimate of drug-likeness (QED) is 0.905. The summed E-state index contributed by atoms with van der Waals surface area (Å²) >= 11 is 5.14. The monoisotopic (exact) mass is 313 g/mol. The van der Waals surface area contributed by atoms with Crippen LogP contribution in [0.15, 0.2) is 22.1 Å². The topological polar surface area (TPSA) is 40.7 Å². The third kappa shape index (κ3) is 3.66. The van der Waals surface area contributed by atoms with Crippen molar-refractivity contribution < 1.29 is 0 Å². The highest BCUT2D eigenvalue weighted by molar-refractivity contribution is 9.11. The summed E-state index contributed by atoms with van der Waals surface area (Å²) in [6, 6.07) is 4.10. The summed E-state index contributed by atoms with van der Waals surface area (Å²) in [5, 5.41) is 3.43. The Labute approximate surface area is 114 Å². The molecule has 0 aliphatic carbocycles. The average Bonchev–Trinajstić information content (AvgIpc) is 2.81. The van der Waals surface area contributed by atoms with Crippen molar-refractivity contribution in [3.8, 4) is 10.7 Å². The number of nitrogens with zero attached hydrogens (tertiary/aromatic N) is 1. The normalized spacial score (nSPS) is 12.0. The van der Waals surface area contributed by atoms with Gasteiger partial charge in [-0.1, -0.05) is 0 Å². The lowest BCUT2D eigenvalue weighted by Crippen LogP contribution is -2.35. The number of nitrogens with one attached hydrogen (secondary N) is 2. The Morgan fingerprint density at radius 1 is 1.41 bits per heavy atom. The lowest BCUT2D eigenvalue weighted by Gasteiger charge is -2.19. The van der Waals surface area contributed by atoms with Gasteiger partial charge in [0.15, 0.2) is 0 Å². The molecular formula is C12H16BrN3S. The first-order valence-corrected chi connectivity index (χ1v) is 7.09. The fourth-order valence-corrected chi connectivity index (χ4v) is 2.71. The molecule has 0 amide bonds. The van der Waals surface area contributed by atoms with E-state index in [-0.39, 0.29) is 5.54 Å². The number of aromatic amines is 1. The van der Waals surface area contributed by atoms with Gasteiger partial charge in [0, 0.05) is 24.0 Å². The molecule has 92 valence electrons. The zero-order valence-corrected chi connectivity index (χ0v) is 12.6. The average molecular weight is 314 g/mol. The van der Waals surface area contributed by atoms with Crippen LogP contribution in [0.3, 0.4) is 0 Å². The molecule has 2 heterocycles. The molecule has 0 saturated heterocycles. The number of halogens is 1. The number of hydrogen-bond acceptors (Lipinski definition) is 3. The predicted molar refractivity (Wildman–Crippen MR) is 76.2 cm³/mol. The molecule has 0 aromatic carbocycles. The Bertz CT molecular complexity index is 496. The zero-order chi connectivity index (χ0) is 12.5. The summed E-state index contributed by atoms with van der Waals surface area (Å²) in [6.45, 7) is 7.27. The van der Waals surface area contributed by atoms with E-state index in [1.54, 1.807) is 11.3 Å². The molecular weight excluding hydrogens is 298 g/mol. The second-order valence-corrected chi connectivity index (χ2v) is 7.43. The zero-order valence-electron chi connectivity index (χ0n) is 10.2. The SMILES string of the molecule is CC(C)(C)NCc1cnc(-c2ccc(Br)s2)[nH]1. The number of H-pyrrole nitrogens is 1. The standard InChI is InChI=1S/C12H16BrN3S/c1-12(2,3)15-7-8-6-14-11(16-8)9-4-5-10(13)17-9/h4-6,15H,7H2,1-3H3,(H,14,16). The van der Waals surface area contributed by atoms with E-state index in [4.69, 9.17) is 0 Å². The summed E-state index contributed by atoms with van der Waals surface area (Å²) in [4.78, 5) is 8.88. The molecule has 17 heavy (non-hydrogen) atoms. The molecule has 0 aliphatic rings. The fourth-order valence-electron chi connectivity index (χ4n) is 1.38. The van der Waals surface area contributed by atoms with Crippen LogP contribution in [0, 0.1) is 0 Å². The Morgan fingerprint density at radius 2 is 2.18 bits per heavy atom. The van der Waals surface area contributed by atoms with Gasteiger partial charge in [-0.15, -0.1) is 11.3 Å². The summed E-state index contributed by atoms with van der Waals surface area (Å²) in [7, 11) is 0. The lowest BCUT2D eigenvalue weighted by atomic mass is 10.1. The molecule has 5 heteroatoms. The van der Waals surface area contributed by atoms with Gasteiger partial charge in [0.1, 0.15) is 5.82 Å². The maximum Gasteiger partial charge on any atom is 0.147 e. The van der Waals surface area contributed by atoms with E-state index in [1.165, 1.54) is 0 Å². The minimum absolute atomic E-state index is 0.122. The molecule has 0 saturated carbocycles. The van der Waals surface area contributed by atoms with Gasteiger partial charge in [-0.2, -0.15) is 0 Å². The van der Waals surface area contributed by atoms with Crippen LogP contribution in [0.25, 0.3) is 10.7 Å². The van der Waals surface area contributed by atoms with Crippen LogP contribution in [0.1, 0.15) is 26.5 Å². The molecule has 0 aliphatic heterocycles. The molecule has 0 unspecified atom stereocenters. The van der Waals surface area contributed by atoms with Crippen LogP contribution >= 0.6 is 27.3 Å². The molecule has 0 atom stereocenters. The van der Waals surface area contributed by atoms with Crippen LogP contribution < -0.4 is 5.32 Å². The summed E-state index contributed by atoms with van der Waals surface area (Å²) in [5.74, 6) is 0.936. The third-order valence-electron chi connectivity index (χ3n) is 2.24. The largest absolute Gasteiger partial charge is 0.340 e. The van der Waals surface area contributed by atoms with E-state index in [0.29, 0.717) is 0 Å². The number of aromatic nitrogens is 2. The highest BCUT2D eigenvalue weighted by Crippen LogP contribution is 2.29. The smallest absolute Gasteiger partial charge is 0.147 e. The van der Waals surface area contributed by atoms with E-state index in [0.717, 1.165) is 26.7 Å². The second kappa shape index (κ2) is 4.92. The molecule has 2 aromatic rings. The maximum absolute atomic E-state index is 4.39. The number of thiophene rings is 1. The summed E-state index contributed by atoms with van der Waals surface area (Å²) < 4.78 is 1.12. The van der Waals surface area contributed by atoms with Crippen molar-refractivity contribution in [1.29, 1.82) is 0 Å². The van der Waals surface area contributed by atoms with Gasteiger partial charge >= 0.3 is 0 Å². The first-order valence-electron chi connectivity index (χ1n) is 5.49. The minimum atomic E-state index is 0.122. The van der Waals surface area contributed by atoms with Crippen molar-refractivity contribution >= 4 is 27.3 Å². The third-order valence-corrected chi connectivity index (χ3v) is 3.87. The van der Waals surface area contributed by atoms with Crippen molar-refractivity contribution in [2.75, 3.05) is 0 Å². The van der Waals surface area contributed by atoms with E-state index >= 15 is 0 Å². The van der Waals surface area contributed by atoms with Gasteiger partial charge < -0.3 is 10.3 Å². The Kier molecular flexibility index (Phi) is 3.70. The summed E-state index contributed by atoms with van der Waals surface area (Å²) in [6.07, 6.45) is 1.89. The first-order chi connectivity index (χ1) is 7.94. The van der Waals surface area contributed by atoms with Gasteiger partial charge in [0.25, 0.3) is 0 Å². The summed E-state index contributed by atoms with van der Waals surface area (Å²) in [5.41, 5.74) is 1.23. The molecule has 0 fully saturated rings. The van der Waals surface area contributed by atoms with Crippen molar-refractivity contribution in [3.05, 3.63) is 27.8 Å². The van der Waals surface area contributed by atoms with Crippen LogP contribution in [0.4, 0.5) is 0 Å². The van der Waals surface area contributed by atoms with E-state index in [1.807, 2.05) is 12.3 Å². The van der Waals surface area contributed by atoms with Gasteiger partial charge in [-0.05, 0) is 48.8 Å². The van der Waals surface area contributed by atoms with E-state index in [9.17, 15) is 0 Å². The van der Waals surface area contributed by atoms with Crippen molar-refractivity contribution in [2.24, 2.45) is 0 Å². The number of hydrogen-bond donors (Lipinski definition) is 2. The van der Waals surface area contributed by atoms with Crippen molar-refractivity contribution in [3.63, 3.8) is 0 Å². The van der Waals surface area contributed by atoms with E-state index in [2.05, 4.69) is 58.1 Å². The fraction of sp³-hybridized carbons (Fsp3) is 0.417. The van der Waals surface area contributed by atoms with Crippen LogP contribution in [-0.4, -0.2) is 15.5 Å². The Morgan fingerprint density at radius 3 is 2.76 bits per heavy atom. The molecule has 2 N–H and O–H groups in total. The van der Waals surface area contributed by atoms with Crippen molar-refractivity contribution in [2.45, 2.75) is 32.9 Å². The Hall–Kier alpha value is -0.650. The van der Waals surface area contributed by atoms with E-state index < -0.39 is 0 Å². The predicted octanol–water partition coefficient (Wildman–Crippen LogP) is 3.79. The molecule has 0 spiro atoms. The second-order valence-electron chi connectivity index (χ2n) is 4.96. The van der Waals surface area contributed by atoms with Crippen LogP contribution in [-0.2, 0) is 6.54 Å². The van der Waals surface area contributed by atoms with Gasteiger partial charge in [0.05, 0.1) is 8.66 Å². The van der Waals surface area contributed by atoms with Crippen molar-refractivity contribution in [1.82, 2.24) is 15.3 Å². The van der Waals surface area contributed by atoms with Crippen LogP contribution in [0.5, 0.6) is 0 Å². The number of imidazole rings is 1. The maximum atomic E-state index is 4.39. The van der Waals surface area contributed by atoms with Crippen LogP contribution in [0.2, 0.25) is 0 Å². The lowest BCUT2D eigenvalue weighted by molar-refractivity contribution is 0.422. The molecule has 2 aromatic heterocycles. The molecule has 2 rings (SSSR count). The van der Waals surface area contributed by atoms with Gasteiger partial charge in [0.2, 0.25) is 0 Å². The molecule has 3 nitrogen and oxygen atoms in total.